The van der Waals surface area contributed by atoms with E-state index in [2.05, 4.69) is 373 Å². The molecule has 4 heterocycles. The molecule has 0 radical (unpaired) electrons. The van der Waals surface area contributed by atoms with E-state index in [9.17, 15) is 0 Å². The van der Waals surface area contributed by atoms with Gasteiger partial charge >= 0.3 is 0 Å². The molecule has 2 unspecified atom stereocenters. The number of hydrogen-bond acceptors (Lipinski definition) is 0. The van der Waals surface area contributed by atoms with E-state index in [4.69, 9.17) is 0 Å². The van der Waals surface area contributed by atoms with Crippen LogP contribution in [0, 0.1) is 0 Å². The number of fused-ring (bicyclic) bond motifs is 29. The van der Waals surface area contributed by atoms with Crippen LogP contribution < -0.4 is 0 Å². The zero-order valence-electron chi connectivity index (χ0n) is 56.0. The maximum Gasteiger partial charge on any atom is 0.0754 e. The van der Waals surface area contributed by atoms with Gasteiger partial charge in [0.2, 0.25) is 0 Å². The molecule has 2 aromatic heterocycles. The first kappa shape index (κ1) is 55.7. The van der Waals surface area contributed by atoms with Crippen LogP contribution in [0.15, 0.2) is 364 Å². The third-order valence-electron chi connectivity index (χ3n) is 24.8. The van der Waals surface area contributed by atoms with E-state index in [1.165, 1.54) is 210 Å². The zero-order chi connectivity index (χ0) is 67.0. The van der Waals surface area contributed by atoms with Crippen molar-refractivity contribution in [2.24, 2.45) is 0 Å². The average Bonchev–Trinajstić information content (AvgIpc) is 1.48. The largest absolute Gasteiger partial charge is 0.309 e. The van der Waals surface area contributed by atoms with Crippen molar-refractivity contribution < 1.29 is 0 Å². The number of aromatic nitrogens is 2. The molecular weight excluding hydrogens is 1240 g/mol. The van der Waals surface area contributed by atoms with E-state index in [-0.39, 0.29) is 0 Å². The summed E-state index contributed by atoms with van der Waals surface area (Å²) >= 11 is 0. The van der Waals surface area contributed by atoms with Crippen molar-refractivity contribution in [1.29, 1.82) is 0 Å². The molecule has 3 aliphatic carbocycles. The molecule has 24 rings (SSSR count). The van der Waals surface area contributed by atoms with Gasteiger partial charge in [-0.05, 0) is 185 Å². The summed E-state index contributed by atoms with van der Waals surface area (Å²) in [6, 6.07) is 140. The lowest BCUT2D eigenvalue weighted by atomic mass is 9.65. The van der Waals surface area contributed by atoms with E-state index < -0.39 is 16.2 Å². The Bertz CT molecular complexity index is 6630. The topological polar surface area (TPSA) is 9.86 Å². The molecule has 5 aliphatic rings. The normalized spacial score (nSPS) is 16.3. The second kappa shape index (κ2) is 20.1. The third kappa shape index (κ3) is 6.64. The fourth-order valence-corrected chi connectivity index (χ4v) is 21.3. The summed E-state index contributed by atoms with van der Waals surface area (Å²) in [5, 5.41) is 9.95. The van der Waals surface area contributed by atoms with Crippen LogP contribution in [0.25, 0.3) is 143 Å². The van der Waals surface area contributed by atoms with Gasteiger partial charge in [0.15, 0.2) is 0 Å². The Morgan fingerprint density at radius 3 is 0.942 bits per heavy atom. The van der Waals surface area contributed by atoms with Crippen molar-refractivity contribution in [3.8, 4) is 78.1 Å². The minimum absolute atomic E-state index is 0.601. The van der Waals surface area contributed by atoms with Crippen LogP contribution in [-0.4, -0.2) is 9.13 Å². The molecule has 474 valence electrons. The molecule has 2 heteroatoms. The summed E-state index contributed by atoms with van der Waals surface area (Å²) in [5.41, 5.74) is 36.1. The van der Waals surface area contributed by atoms with Gasteiger partial charge in [0.1, 0.15) is 0 Å². The fourth-order valence-electron chi connectivity index (χ4n) is 21.3. The molecule has 0 amide bonds. The van der Waals surface area contributed by atoms with Crippen LogP contribution in [0.2, 0.25) is 0 Å². The van der Waals surface area contributed by atoms with Crippen LogP contribution in [-0.2, 0) is 16.2 Å². The predicted molar refractivity (Wildman–Crippen MR) is 425 cm³/mol. The standard InChI is InChI=1S/C101H60N2/c1-3-28-61(29-4-1)99(62-30-5-2-6-31-62)79-46-12-7-34-73(79)96-76(45-27-51-84(96)99)93-69-39-21-37-63(67-41-23-52-85-94(67)74-35-8-13-47-80(74)100(85)82-49-15-19-58-91(82)102-89-56-17-10-32-65(89)71-43-25-54-87(100)97(71)102)77(69)60-78-64(38-22-40-70(78)93)68-42-24-53-86-95(68)75-36-9-14-48-81(75)101(86)83-50-16-20-59-92(83)103-90-57-18-11-33-66(90)72-44-26-55-88(101)98(72)103/h1-60H. The summed E-state index contributed by atoms with van der Waals surface area (Å²) in [4.78, 5) is 0. The highest BCUT2D eigenvalue weighted by molar-refractivity contribution is 6.23. The van der Waals surface area contributed by atoms with Gasteiger partial charge < -0.3 is 9.13 Å². The number of rotatable bonds is 5. The number of benzene rings is 17. The second-order valence-electron chi connectivity index (χ2n) is 29.0. The van der Waals surface area contributed by atoms with Crippen molar-refractivity contribution in [1.82, 2.24) is 9.13 Å². The lowest BCUT2D eigenvalue weighted by Gasteiger charge is -2.39. The number of nitrogens with zero attached hydrogens (tertiary/aromatic N) is 2. The molecule has 103 heavy (non-hydrogen) atoms. The highest BCUT2D eigenvalue weighted by atomic mass is 15.0. The monoisotopic (exact) mass is 1300 g/mol. The highest BCUT2D eigenvalue weighted by Gasteiger charge is 2.54. The minimum atomic E-state index is -0.623. The molecule has 19 aromatic rings. The first-order valence-electron chi connectivity index (χ1n) is 36.2. The van der Waals surface area contributed by atoms with Gasteiger partial charge in [0.25, 0.3) is 0 Å². The van der Waals surface area contributed by atoms with Crippen molar-refractivity contribution >= 4 is 65.2 Å². The molecule has 0 fully saturated rings. The molecule has 2 atom stereocenters. The summed E-state index contributed by atoms with van der Waals surface area (Å²) in [5.74, 6) is 0. The van der Waals surface area contributed by atoms with Crippen LogP contribution in [0.1, 0.15) is 66.8 Å². The van der Waals surface area contributed by atoms with Gasteiger partial charge in [-0.3, -0.25) is 0 Å². The van der Waals surface area contributed by atoms with Gasteiger partial charge in [0.05, 0.1) is 49.7 Å². The smallest absolute Gasteiger partial charge is 0.0754 e. The Morgan fingerprint density at radius 1 is 0.165 bits per heavy atom. The van der Waals surface area contributed by atoms with Gasteiger partial charge in [0, 0.05) is 21.5 Å². The van der Waals surface area contributed by atoms with E-state index in [1.807, 2.05) is 0 Å². The maximum atomic E-state index is 2.60. The van der Waals surface area contributed by atoms with Crippen LogP contribution in [0.5, 0.6) is 0 Å². The summed E-state index contributed by atoms with van der Waals surface area (Å²) in [6.45, 7) is 0. The Balaban J connectivity index is 0.824. The van der Waals surface area contributed by atoms with Gasteiger partial charge in [-0.2, -0.15) is 0 Å². The van der Waals surface area contributed by atoms with Gasteiger partial charge in [-0.25, -0.2) is 0 Å². The molecule has 2 spiro atoms. The Hall–Kier alpha value is -13.1. The fraction of sp³-hybridized carbons (Fsp3) is 0.0297. The van der Waals surface area contributed by atoms with Crippen molar-refractivity contribution in [2.45, 2.75) is 16.2 Å². The highest BCUT2D eigenvalue weighted by Crippen LogP contribution is 2.67. The predicted octanol–water partition coefficient (Wildman–Crippen LogP) is 24.9. The Kier molecular flexibility index (Phi) is 10.9. The molecule has 2 aliphatic heterocycles. The van der Waals surface area contributed by atoms with E-state index in [0.29, 0.717) is 0 Å². The molecule has 0 saturated heterocycles. The van der Waals surface area contributed by atoms with Crippen LogP contribution in [0.3, 0.4) is 0 Å². The Morgan fingerprint density at radius 2 is 0.466 bits per heavy atom. The lowest BCUT2D eigenvalue weighted by Crippen LogP contribution is -2.33. The molecule has 0 saturated carbocycles. The number of para-hydroxylation sites is 6. The summed E-state index contributed by atoms with van der Waals surface area (Å²) in [7, 11) is 0. The zero-order valence-corrected chi connectivity index (χ0v) is 56.0. The SMILES string of the molecule is c1ccc(C2(c3ccccc3)c3ccccc3-c3c(-c4c5cccc(-c6cccc7c6-c6ccccc6C76c7ccccc7-n7c8ccccc8c8cccc6c87)c5cc5c(-c6cccc7c6-c6ccccc6C76c7ccccc7-n7c8ccccc8c8cccc6c87)cccc45)cccc32)cc1. The van der Waals surface area contributed by atoms with Crippen LogP contribution >= 0.6 is 0 Å². The van der Waals surface area contributed by atoms with Crippen LogP contribution in [0.4, 0.5) is 0 Å². The molecule has 17 aromatic carbocycles. The molecule has 0 bridgehead atoms. The second-order valence-corrected chi connectivity index (χ2v) is 29.0. The molecule has 2 nitrogen and oxygen atoms in total. The Labute approximate surface area is 595 Å². The summed E-state index contributed by atoms with van der Waals surface area (Å²) in [6.07, 6.45) is 0. The average molecular weight is 1300 g/mol. The van der Waals surface area contributed by atoms with E-state index in [0.717, 1.165) is 0 Å². The number of hydrogen-bond donors (Lipinski definition) is 0. The van der Waals surface area contributed by atoms with Gasteiger partial charge in [-0.1, -0.05) is 334 Å². The van der Waals surface area contributed by atoms with Crippen molar-refractivity contribution in [2.75, 3.05) is 0 Å². The lowest BCUT2D eigenvalue weighted by molar-refractivity contribution is 0.748. The first-order valence-corrected chi connectivity index (χ1v) is 36.2. The van der Waals surface area contributed by atoms with E-state index >= 15 is 0 Å². The quantitative estimate of drug-likeness (QED) is 0.152. The minimum Gasteiger partial charge on any atom is -0.309 e. The third-order valence-corrected chi connectivity index (χ3v) is 24.8. The van der Waals surface area contributed by atoms with Crippen molar-refractivity contribution in [3.63, 3.8) is 0 Å². The molecular formula is C101H60N2. The molecule has 0 N–H and O–H groups in total. The summed E-state index contributed by atoms with van der Waals surface area (Å²) < 4.78 is 5.11. The van der Waals surface area contributed by atoms with Gasteiger partial charge in [-0.15, -0.1) is 0 Å². The maximum absolute atomic E-state index is 2.60. The first-order chi connectivity index (χ1) is 51.2. The van der Waals surface area contributed by atoms with E-state index in [1.54, 1.807) is 0 Å². The van der Waals surface area contributed by atoms with Crippen molar-refractivity contribution in [3.05, 3.63) is 431 Å².